The Balaban J connectivity index is 0.000000112. The highest BCUT2D eigenvalue weighted by Crippen LogP contribution is 2.60. The van der Waals surface area contributed by atoms with Crippen molar-refractivity contribution in [2.75, 3.05) is 0 Å². The molecule has 26 aromatic rings. The number of hydrogen-bond acceptors (Lipinski definition) is 2. The van der Waals surface area contributed by atoms with Gasteiger partial charge in [-0.05, 0) is 382 Å². The van der Waals surface area contributed by atoms with E-state index in [9.17, 15) is 0 Å². The Bertz CT molecular complexity index is 10200. The first-order valence-electron chi connectivity index (χ1n) is 52.4. The highest BCUT2D eigenvalue weighted by Gasteiger charge is 2.52. The van der Waals surface area contributed by atoms with Gasteiger partial charge in [0.1, 0.15) is 0 Å². The Hall–Kier alpha value is -16.1. The summed E-state index contributed by atoms with van der Waals surface area (Å²) in [7, 11) is -0.390. The first kappa shape index (κ1) is 88.4. The van der Waals surface area contributed by atoms with Crippen LogP contribution in [-0.2, 0) is 31.0 Å². The number of halogens is 1. The topological polar surface area (TPSA) is 28.3 Å². The molecule has 4 aliphatic carbocycles. The van der Waals surface area contributed by atoms with Crippen LogP contribution in [-0.4, -0.2) is 27.5 Å². The molecule has 0 atom stereocenters. The van der Waals surface area contributed by atoms with Gasteiger partial charge in [0.2, 0.25) is 0 Å². The second-order valence-corrected chi connectivity index (χ2v) is 45.9. The first-order chi connectivity index (χ1) is 71.9. The summed E-state index contributed by atoms with van der Waals surface area (Å²) in [5.74, 6) is 0. The van der Waals surface area contributed by atoms with E-state index in [1.165, 1.54) is 285 Å². The third-order valence-corrected chi connectivity index (χ3v) is 36.1. The molecular formula is C142H106BBrN2O2. The molecule has 148 heavy (non-hydrogen) atoms. The summed E-state index contributed by atoms with van der Waals surface area (Å²) in [6.07, 6.45) is 0. The van der Waals surface area contributed by atoms with Crippen LogP contribution in [0.2, 0.25) is 0 Å². The van der Waals surface area contributed by atoms with Crippen LogP contribution in [0.5, 0.6) is 0 Å². The fourth-order valence-electron chi connectivity index (χ4n) is 27.1. The molecule has 6 heteroatoms. The summed E-state index contributed by atoms with van der Waals surface area (Å²) in [6.45, 7) is 27.5. The highest BCUT2D eigenvalue weighted by molar-refractivity contribution is 9.10. The lowest BCUT2D eigenvalue weighted by molar-refractivity contribution is 0.00578. The van der Waals surface area contributed by atoms with Gasteiger partial charge >= 0.3 is 7.12 Å². The van der Waals surface area contributed by atoms with Gasteiger partial charge in [0, 0.05) is 59.1 Å². The highest BCUT2D eigenvalue weighted by atomic mass is 79.9. The zero-order chi connectivity index (χ0) is 99.8. The van der Waals surface area contributed by atoms with Crippen molar-refractivity contribution in [3.8, 4) is 89.3 Å². The molecule has 2 aromatic heterocycles. The van der Waals surface area contributed by atoms with Crippen molar-refractivity contribution in [3.05, 3.63) is 474 Å². The molecule has 1 aliphatic heterocycles. The van der Waals surface area contributed by atoms with Gasteiger partial charge in [-0.15, -0.1) is 0 Å². The zero-order valence-corrected chi connectivity index (χ0v) is 86.7. The van der Waals surface area contributed by atoms with E-state index in [0.717, 1.165) is 9.94 Å². The molecule has 5 aliphatic rings. The summed E-state index contributed by atoms with van der Waals surface area (Å²) in [5.41, 5.74) is 36.6. The number of fused-ring (bicyclic) bond motifs is 34. The lowest BCUT2D eigenvalue weighted by atomic mass is 9.78. The minimum absolute atomic E-state index is 0.0497. The average molecular weight is 1960 g/mol. The molecule has 4 nitrogen and oxygen atoms in total. The standard InChI is InChI=1S/C68H47N.C41H27Br.C33H32BNO2/c1-67(2)59-29-17-16-24-47(59)56-37-58-57-34-40(31-33-63(57)69(64(58)39-62(56)67)42-18-6-5-7-19-42)65-49-25-12-14-27-51(49)66(52-28-15-13-26-50(52)65)41-30-32-48-55-36-53-45-22-10-8-20-43(45)44-21-9-11-23-46(44)54(53)38-61(55)68(3,4)60(48)35-41;1-41(2)37-21-24(39-30-15-7-9-17-32(30)40(42)33-18-10-8-16-31(33)39)19-20-29(37)36-22-34-27-13-5-3-11-25(27)26-12-4-6-14-28(26)35(34)23-38(36)41;1-31(2)27-15-11-10-14-23(27)24-19-26-25-18-21(34-36-32(3,4)33(5,6)37-34)16-17-29(25)35(30(26)20-28(24)31)22-12-8-7-9-13-22/h5-39H,1-4H3;3-23H,1-2H3;7-20H,1-6H3. The SMILES string of the molecule is CC1(C)c2cc(-c3c4ccccc4c(-c4ccc5c(c4)c4cc6c(cc4n5-c4ccccc4)C(C)(C)c4ccccc4-6)c4ccccc34)ccc2-c2cc3c4ccccc4c4ccccc4c3cc21.CC1(C)c2cc(-c3c4ccccc4c(Br)c4ccccc34)ccc2-c2cc3c4ccccc4c4ccccc4c3cc21.CC1(C)c2ccccc2-c2cc3c4cc(B5OC(C)(C)C(C)(C)O5)ccc4n(-c4ccccc4)c3cc21. The van der Waals surface area contributed by atoms with Crippen molar-refractivity contribution < 1.29 is 9.31 Å². The molecule has 706 valence electrons. The van der Waals surface area contributed by atoms with Gasteiger partial charge in [0.05, 0.1) is 33.3 Å². The number of aromatic nitrogens is 2. The summed E-state index contributed by atoms with van der Waals surface area (Å²) < 4.78 is 18.9. The second-order valence-electron chi connectivity index (χ2n) is 45.1. The minimum atomic E-state index is -0.390. The number of nitrogens with zero attached hydrogens (tertiary/aromatic N) is 2. The largest absolute Gasteiger partial charge is 0.494 e. The normalized spacial score (nSPS) is 15.3. The van der Waals surface area contributed by atoms with Gasteiger partial charge in [-0.1, -0.05) is 377 Å². The Morgan fingerprint density at radius 3 is 0.804 bits per heavy atom. The van der Waals surface area contributed by atoms with E-state index in [0.29, 0.717) is 0 Å². The van der Waals surface area contributed by atoms with Crippen LogP contribution in [0.3, 0.4) is 0 Å². The summed E-state index contributed by atoms with van der Waals surface area (Å²) in [6, 6.07) is 159. The van der Waals surface area contributed by atoms with Gasteiger partial charge in [0.25, 0.3) is 0 Å². The molecule has 24 aromatic carbocycles. The van der Waals surface area contributed by atoms with Crippen LogP contribution in [0, 0.1) is 0 Å². The van der Waals surface area contributed by atoms with Gasteiger partial charge in [-0.25, -0.2) is 0 Å². The smallest absolute Gasteiger partial charge is 0.399 e. The third-order valence-electron chi connectivity index (χ3n) is 35.3. The molecule has 1 fully saturated rings. The monoisotopic (exact) mass is 1960 g/mol. The van der Waals surface area contributed by atoms with Crippen molar-refractivity contribution in [2.24, 2.45) is 0 Å². The van der Waals surface area contributed by atoms with E-state index in [2.05, 4.69) is 533 Å². The fourth-order valence-corrected chi connectivity index (χ4v) is 27.8. The Kier molecular flexibility index (Phi) is 19.1. The predicted molar refractivity (Wildman–Crippen MR) is 633 cm³/mol. The maximum absolute atomic E-state index is 6.42. The quantitative estimate of drug-likeness (QED) is 0.0943. The number of para-hydroxylation sites is 2. The van der Waals surface area contributed by atoms with Crippen molar-refractivity contribution in [1.29, 1.82) is 0 Å². The zero-order valence-electron chi connectivity index (χ0n) is 85.1. The summed E-state index contributed by atoms with van der Waals surface area (Å²) in [4.78, 5) is 0. The molecule has 0 radical (unpaired) electrons. The van der Waals surface area contributed by atoms with E-state index < -0.39 is 7.12 Å². The third kappa shape index (κ3) is 12.7. The van der Waals surface area contributed by atoms with E-state index in [1.54, 1.807) is 0 Å². The second kappa shape index (κ2) is 32.0. The molecule has 0 N–H and O–H groups in total. The number of hydrogen-bond donors (Lipinski definition) is 0. The summed E-state index contributed by atoms with van der Waals surface area (Å²) in [5, 5.41) is 31.0. The van der Waals surface area contributed by atoms with Gasteiger partial charge < -0.3 is 18.4 Å². The van der Waals surface area contributed by atoms with Crippen molar-refractivity contribution in [3.63, 3.8) is 0 Å². The van der Waals surface area contributed by atoms with E-state index in [-0.39, 0.29) is 32.9 Å². The molecular weight excluding hydrogens is 1860 g/mol. The maximum Gasteiger partial charge on any atom is 0.494 e. The van der Waals surface area contributed by atoms with Crippen LogP contribution >= 0.6 is 15.9 Å². The van der Waals surface area contributed by atoms with Crippen LogP contribution in [0.1, 0.15) is 128 Å². The van der Waals surface area contributed by atoms with Crippen LogP contribution in [0.15, 0.2) is 429 Å². The molecule has 0 amide bonds. The predicted octanol–water partition coefficient (Wildman–Crippen LogP) is 38.1. The lowest BCUT2D eigenvalue weighted by Gasteiger charge is -2.32. The summed E-state index contributed by atoms with van der Waals surface area (Å²) >= 11 is 3.93. The van der Waals surface area contributed by atoms with E-state index in [4.69, 9.17) is 9.31 Å². The number of rotatable bonds is 6. The van der Waals surface area contributed by atoms with Crippen LogP contribution in [0.25, 0.3) is 241 Å². The fraction of sp³-hybridized carbons (Fsp3) is 0.127. The first-order valence-corrected chi connectivity index (χ1v) is 53.2. The average Bonchev–Trinajstić information content (AvgIpc) is 1.53. The molecule has 3 heterocycles. The van der Waals surface area contributed by atoms with E-state index >= 15 is 0 Å². The molecule has 0 unspecified atom stereocenters. The van der Waals surface area contributed by atoms with E-state index in [1.807, 2.05) is 0 Å². The van der Waals surface area contributed by atoms with Gasteiger partial charge in [-0.2, -0.15) is 0 Å². The maximum atomic E-state index is 6.42. The van der Waals surface area contributed by atoms with Crippen LogP contribution in [0.4, 0.5) is 0 Å². The Morgan fingerprint density at radius 2 is 0.432 bits per heavy atom. The Labute approximate surface area is 870 Å². The van der Waals surface area contributed by atoms with Crippen molar-refractivity contribution in [1.82, 2.24) is 9.13 Å². The lowest BCUT2D eigenvalue weighted by Crippen LogP contribution is -2.41. The van der Waals surface area contributed by atoms with Gasteiger partial charge in [-0.3, -0.25) is 0 Å². The van der Waals surface area contributed by atoms with Crippen LogP contribution < -0.4 is 5.46 Å². The Morgan fingerprint density at radius 1 is 0.182 bits per heavy atom. The van der Waals surface area contributed by atoms with Crippen molar-refractivity contribution >= 4 is 180 Å². The van der Waals surface area contributed by atoms with Crippen molar-refractivity contribution in [2.45, 2.75) is 116 Å². The molecule has 31 rings (SSSR count). The number of benzene rings is 24. The molecule has 0 spiro atoms. The minimum Gasteiger partial charge on any atom is -0.399 e. The van der Waals surface area contributed by atoms with Gasteiger partial charge in [0.15, 0.2) is 0 Å². The molecule has 0 bridgehead atoms. The molecule has 0 saturated carbocycles. The molecule has 1 saturated heterocycles.